The number of aryl methyl sites for hydroxylation is 1. The van der Waals surface area contributed by atoms with Crippen LogP contribution in [0.4, 0.5) is 0 Å². The molecular weight excluding hydrogens is 316 g/mol. The molecule has 112 valence electrons. The van der Waals surface area contributed by atoms with Gasteiger partial charge in [0.15, 0.2) is 11.5 Å². The van der Waals surface area contributed by atoms with Crippen molar-refractivity contribution in [2.24, 2.45) is 0 Å². The van der Waals surface area contributed by atoms with E-state index in [2.05, 4.69) is 41.9 Å². The van der Waals surface area contributed by atoms with E-state index in [9.17, 15) is 0 Å². The van der Waals surface area contributed by atoms with E-state index in [1.807, 2.05) is 0 Å². The molecule has 0 radical (unpaired) electrons. The first-order valence-corrected chi connectivity index (χ1v) is 8.70. The lowest BCUT2D eigenvalue weighted by Gasteiger charge is -2.09. The number of halogens is 1. The Morgan fingerprint density at radius 2 is 1.80 bits per heavy atom. The van der Waals surface area contributed by atoms with Crippen molar-refractivity contribution in [3.63, 3.8) is 0 Å². The molecule has 1 aliphatic rings. The molecule has 0 N–H and O–H groups in total. The van der Waals surface area contributed by atoms with Gasteiger partial charge in [0.2, 0.25) is 6.29 Å². The lowest BCUT2D eigenvalue weighted by Crippen LogP contribution is -2.17. The molecule has 0 aromatic heterocycles. The largest absolute Gasteiger partial charge is 0.451 e. The van der Waals surface area contributed by atoms with E-state index < -0.39 is 0 Å². The number of unbranched alkanes of at least 4 members (excludes halogenated alkanes) is 4. The lowest BCUT2D eigenvalue weighted by atomic mass is 10.1. The molecule has 0 saturated heterocycles. The summed E-state index contributed by atoms with van der Waals surface area (Å²) in [5.74, 6) is 1.79. The van der Waals surface area contributed by atoms with Crippen LogP contribution in [0, 0.1) is 0 Å². The number of hydrogen-bond acceptors (Lipinski definition) is 2. The highest BCUT2D eigenvalue weighted by molar-refractivity contribution is 9.10. The van der Waals surface area contributed by atoms with E-state index in [0.717, 1.165) is 35.2 Å². The summed E-state index contributed by atoms with van der Waals surface area (Å²) in [7, 11) is 0. The van der Waals surface area contributed by atoms with Crippen LogP contribution in [0.15, 0.2) is 16.6 Å². The van der Waals surface area contributed by atoms with Crippen molar-refractivity contribution >= 4 is 15.9 Å². The van der Waals surface area contributed by atoms with Crippen LogP contribution in [0.1, 0.15) is 64.4 Å². The second-order valence-corrected chi connectivity index (χ2v) is 6.28. The van der Waals surface area contributed by atoms with E-state index in [-0.39, 0.29) is 6.29 Å². The molecule has 0 bridgehead atoms. The van der Waals surface area contributed by atoms with Gasteiger partial charge in [-0.2, -0.15) is 0 Å². The topological polar surface area (TPSA) is 18.5 Å². The van der Waals surface area contributed by atoms with Gasteiger partial charge in [0, 0.05) is 6.42 Å². The molecule has 0 fully saturated rings. The van der Waals surface area contributed by atoms with Crippen molar-refractivity contribution < 1.29 is 9.47 Å². The van der Waals surface area contributed by atoms with Crippen LogP contribution in [0.25, 0.3) is 0 Å². The monoisotopic (exact) mass is 340 g/mol. The Balaban J connectivity index is 1.95. The SMILES string of the molecule is CCCCCCc1ccc2c(c1Br)OC(CCCC)O2. The van der Waals surface area contributed by atoms with Gasteiger partial charge in [0.05, 0.1) is 4.47 Å². The van der Waals surface area contributed by atoms with Crippen molar-refractivity contribution in [1.29, 1.82) is 0 Å². The van der Waals surface area contributed by atoms with Gasteiger partial charge in [-0.05, 0) is 46.8 Å². The zero-order chi connectivity index (χ0) is 14.4. The fourth-order valence-corrected chi connectivity index (χ4v) is 3.12. The number of ether oxygens (including phenoxy) is 2. The summed E-state index contributed by atoms with van der Waals surface area (Å²) in [6.45, 7) is 4.43. The second-order valence-electron chi connectivity index (χ2n) is 5.48. The highest BCUT2D eigenvalue weighted by Gasteiger charge is 2.26. The molecule has 0 saturated carbocycles. The molecule has 1 aromatic rings. The van der Waals surface area contributed by atoms with Crippen LogP contribution in [-0.4, -0.2) is 6.29 Å². The third kappa shape index (κ3) is 3.91. The van der Waals surface area contributed by atoms with Crippen molar-refractivity contribution in [2.75, 3.05) is 0 Å². The number of rotatable bonds is 8. The Morgan fingerprint density at radius 1 is 1.00 bits per heavy atom. The Morgan fingerprint density at radius 3 is 2.55 bits per heavy atom. The first-order valence-electron chi connectivity index (χ1n) is 7.91. The van der Waals surface area contributed by atoms with Crippen LogP contribution in [0.3, 0.4) is 0 Å². The molecule has 0 spiro atoms. The van der Waals surface area contributed by atoms with Gasteiger partial charge in [-0.3, -0.25) is 0 Å². The summed E-state index contributed by atoms with van der Waals surface area (Å²) in [6.07, 6.45) is 9.42. The molecule has 1 atom stereocenters. The molecular formula is C17H25BrO2. The number of benzene rings is 1. The van der Waals surface area contributed by atoms with Gasteiger partial charge < -0.3 is 9.47 Å². The summed E-state index contributed by atoms with van der Waals surface area (Å²) < 4.78 is 12.9. The molecule has 1 aliphatic heterocycles. The fourth-order valence-electron chi connectivity index (χ4n) is 2.50. The van der Waals surface area contributed by atoms with Gasteiger partial charge in [-0.1, -0.05) is 45.6 Å². The number of hydrogen-bond donors (Lipinski definition) is 0. The van der Waals surface area contributed by atoms with Gasteiger partial charge in [-0.25, -0.2) is 0 Å². The maximum absolute atomic E-state index is 5.94. The van der Waals surface area contributed by atoms with E-state index in [1.54, 1.807) is 0 Å². The summed E-state index contributed by atoms with van der Waals surface area (Å²) in [5.41, 5.74) is 1.33. The van der Waals surface area contributed by atoms with Crippen molar-refractivity contribution in [2.45, 2.75) is 71.5 Å². The summed E-state index contributed by atoms with van der Waals surface area (Å²) in [4.78, 5) is 0. The van der Waals surface area contributed by atoms with Gasteiger partial charge in [0.1, 0.15) is 0 Å². The van der Waals surface area contributed by atoms with E-state index in [1.165, 1.54) is 37.7 Å². The zero-order valence-electron chi connectivity index (χ0n) is 12.6. The molecule has 1 aromatic carbocycles. The smallest absolute Gasteiger partial charge is 0.241 e. The van der Waals surface area contributed by atoms with E-state index >= 15 is 0 Å². The summed E-state index contributed by atoms with van der Waals surface area (Å²) >= 11 is 3.69. The Labute approximate surface area is 131 Å². The highest BCUT2D eigenvalue weighted by Crippen LogP contribution is 2.43. The maximum Gasteiger partial charge on any atom is 0.241 e. The quantitative estimate of drug-likeness (QED) is 0.551. The molecule has 2 rings (SSSR count). The third-order valence-electron chi connectivity index (χ3n) is 3.74. The Hall–Kier alpha value is -0.700. The highest BCUT2D eigenvalue weighted by atomic mass is 79.9. The van der Waals surface area contributed by atoms with Crippen LogP contribution in [-0.2, 0) is 6.42 Å². The first kappa shape index (κ1) is 15.7. The summed E-state index contributed by atoms with van der Waals surface area (Å²) in [5, 5.41) is 0. The van der Waals surface area contributed by atoms with E-state index in [4.69, 9.17) is 9.47 Å². The van der Waals surface area contributed by atoms with Crippen molar-refractivity contribution in [1.82, 2.24) is 0 Å². The minimum atomic E-state index is -0.100. The van der Waals surface area contributed by atoms with Crippen LogP contribution >= 0.6 is 15.9 Å². The van der Waals surface area contributed by atoms with Crippen molar-refractivity contribution in [3.05, 3.63) is 22.2 Å². The lowest BCUT2D eigenvalue weighted by molar-refractivity contribution is 0.0396. The van der Waals surface area contributed by atoms with Crippen LogP contribution < -0.4 is 9.47 Å². The predicted molar refractivity (Wildman–Crippen MR) is 86.6 cm³/mol. The standard InChI is InChI=1S/C17H25BrO2/c1-3-5-7-8-9-13-11-12-14-17(16(13)18)20-15(19-14)10-6-4-2/h11-12,15H,3-10H2,1-2H3. The van der Waals surface area contributed by atoms with Gasteiger partial charge >= 0.3 is 0 Å². The van der Waals surface area contributed by atoms with E-state index in [0.29, 0.717) is 0 Å². The first-order chi connectivity index (χ1) is 9.76. The normalized spacial score (nSPS) is 16.6. The Bertz CT molecular complexity index is 431. The minimum Gasteiger partial charge on any atom is -0.451 e. The number of fused-ring (bicyclic) bond motifs is 1. The minimum absolute atomic E-state index is 0.100. The van der Waals surface area contributed by atoms with Gasteiger partial charge in [-0.15, -0.1) is 0 Å². The molecule has 20 heavy (non-hydrogen) atoms. The Kier molecular flexibility index (Phi) is 6.21. The summed E-state index contributed by atoms with van der Waals surface area (Å²) in [6, 6.07) is 4.22. The van der Waals surface area contributed by atoms with Gasteiger partial charge in [0.25, 0.3) is 0 Å². The maximum atomic E-state index is 5.94. The third-order valence-corrected chi connectivity index (χ3v) is 4.61. The molecule has 3 heteroatoms. The predicted octanol–water partition coefficient (Wildman–Crippen LogP) is 5.86. The zero-order valence-corrected chi connectivity index (χ0v) is 14.2. The van der Waals surface area contributed by atoms with Crippen LogP contribution in [0.5, 0.6) is 11.5 Å². The fraction of sp³-hybridized carbons (Fsp3) is 0.647. The average molecular weight is 341 g/mol. The molecule has 0 amide bonds. The molecule has 1 unspecified atom stereocenters. The molecule has 2 nitrogen and oxygen atoms in total. The molecule has 0 aliphatic carbocycles. The average Bonchev–Trinajstić information content (AvgIpc) is 2.87. The van der Waals surface area contributed by atoms with Crippen LogP contribution in [0.2, 0.25) is 0 Å². The van der Waals surface area contributed by atoms with Crippen molar-refractivity contribution in [3.8, 4) is 11.5 Å². The second kappa shape index (κ2) is 7.92. The molecule has 1 heterocycles.